The molecular formula is C18H26N4O3. The lowest BCUT2D eigenvalue weighted by Crippen LogP contribution is -2.50. The van der Waals surface area contributed by atoms with Crippen molar-refractivity contribution >= 4 is 16.8 Å². The van der Waals surface area contributed by atoms with Crippen LogP contribution in [0.15, 0.2) is 18.3 Å². The molecule has 1 fully saturated rings. The van der Waals surface area contributed by atoms with Crippen molar-refractivity contribution in [3.05, 3.63) is 29.5 Å². The number of H-pyrrole nitrogens is 1. The number of β-amino-alcohol motifs (C(OH)–C–C–N with tert-alkyl or cyclic N) is 1. The maximum Gasteiger partial charge on any atom is 0.256 e. The van der Waals surface area contributed by atoms with Crippen LogP contribution in [0.3, 0.4) is 0 Å². The lowest BCUT2D eigenvalue weighted by atomic mass is 10.1. The number of hydrogen-bond acceptors (Lipinski definition) is 5. The van der Waals surface area contributed by atoms with E-state index in [4.69, 9.17) is 4.74 Å². The van der Waals surface area contributed by atoms with Gasteiger partial charge in [0.05, 0.1) is 30.0 Å². The molecule has 7 nitrogen and oxygen atoms in total. The average Bonchev–Trinajstić information content (AvgIpc) is 3.07. The van der Waals surface area contributed by atoms with Crippen LogP contribution >= 0.6 is 0 Å². The number of aromatic nitrogens is 2. The molecule has 0 unspecified atom stereocenters. The number of carbonyl (C=O) groups excluding carboxylic acids is 1. The monoisotopic (exact) mass is 346 g/mol. The molecule has 1 aliphatic heterocycles. The lowest BCUT2D eigenvalue weighted by Gasteiger charge is -2.35. The van der Waals surface area contributed by atoms with Gasteiger partial charge in [-0.05, 0) is 31.5 Å². The number of aromatic amines is 1. The minimum Gasteiger partial charge on any atom is -0.389 e. The highest BCUT2D eigenvalue weighted by atomic mass is 16.5. The molecule has 1 saturated heterocycles. The minimum atomic E-state index is -0.483. The van der Waals surface area contributed by atoms with Gasteiger partial charge >= 0.3 is 0 Å². The maximum atomic E-state index is 12.9. The number of aryl methyl sites for hydroxylation is 1. The summed E-state index contributed by atoms with van der Waals surface area (Å²) < 4.78 is 5.25. The van der Waals surface area contributed by atoms with E-state index in [1.807, 2.05) is 30.9 Å². The highest BCUT2D eigenvalue weighted by Gasteiger charge is 2.25. The summed E-state index contributed by atoms with van der Waals surface area (Å²) in [5, 5.41) is 17.9. The summed E-state index contributed by atoms with van der Waals surface area (Å²) in [4.78, 5) is 17.0. The van der Waals surface area contributed by atoms with Crippen LogP contribution in [0, 0.1) is 6.92 Å². The fourth-order valence-corrected chi connectivity index (χ4v) is 3.28. The van der Waals surface area contributed by atoms with Crippen molar-refractivity contribution in [2.45, 2.75) is 20.0 Å². The Morgan fingerprint density at radius 1 is 1.36 bits per heavy atom. The van der Waals surface area contributed by atoms with Crippen molar-refractivity contribution in [1.82, 2.24) is 20.0 Å². The van der Waals surface area contributed by atoms with Crippen molar-refractivity contribution < 1.29 is 14.6 Å². The zero-order chi connectivity index (χ0) is 17.8. The third kappa shape index (κ3) is 4.18. The Morgan fingerprint density at radius 3 is 2.84 bits per heavy atom. The van der Waals surface area contributed by atoms with Crippen LogP contribution in [0.1, 0.15) is 22.8 Å². The third-order valence-electron chi connectivity index (χ3n) is 4.57. The van der Waals surface area contributed by atoms with E-state index in [-0.39, 0.29) is 5.91 Å². The third-order valence-corrected chi connectivity index (χ3v) is 4.57. The largest absolute Gasteiger partial charge is 0.389 e. The number of ether oxygens (including phenoxy) is 1. The number of hydrogen-bond donors (Lipinski definition) is 2. The van der Waals surface area contributed by atoms with E-state index in [0.29, 0.717) is 38.4 Å². The number of carbonyl (C=O) groups is 1. The maximum absolute atomic E-state index is 12.9. The first kappa shape index (κ1) is 17.8. The summed E-state index contributed by atoms with van der Waals surface area (Å²) in [7, 11) is 0. The second kappa shape index (κ2) is 7.95. The molecule has 0 saturated carbocycles. The van der Waals surface area contributed by atoms with Gasteiger partial charge in [-0.3, -0.25) is 14.8 Å². The quantitative estimate of drug-likeness (QED) is 0.816. The molecule has 0 spiro atoms. The van der Waals surface area contributed by atoms with Crippen LogP contribution < -0.4 is 0 Å². The molecule has 3 rings (SSSR count). The van der Waals surface area contributed by atoms with Crippen LogP contribution in [-0.4, -0.2) is 83.1 Å². The van der Waals surface area contributed by atoms with Gasteiger partial charge in [0.2, 0.25) is 0 Å². The van der Waals surface area contributed by atoms with Gasteiger partial charge in [0.1, 0.15) is 0 Å². The van der Waals surface area contributed by atoms with E-state index in [2.05, 4.69) is 15.1 Å². The zero-order valence-corrected chi connectivity index (χ0v) is 14.9. The predicted octanol–water partition coefficient (Wildman–Crippen LogP) is 1.03. The zero-order valence-electron chi connectivity index (χ0n) is 14.9. The second-order valence-electron chi connectivity index (χ2n) is 6.55. The summed E-state index contributed by atoms with van der Waals surface area (Å²) in [5.41, 5.74) is 2.53. The number of piperazine rings is 1. The van der Waals surface area contributed by atoms with Crippen molar-refractivity contribution in [3.63, 3.8) is 0 Å². The first-order valence-electron chi connectivity index (χ1n) is 8.79. The molecule has 1 aliphatic rings. The first-order chi connectivity index (χ1) is 12.1. The Kier molecular flexibility index (Phi) is 5.67. The molecule has 136 valence electrons. The molecule has 1 aromatic carbocycles. The van der Waals surface area contributed by atoms with Gasteiger partial charge in [0.15, 0.2) is 0 Å². The highest BCUT2D eigenvalue weighted by molar-refractivity contribution is 6.05. The lowest BCUT2D eigenvalue weighted by molar-refractivity contribution is 0.0111. The molecule has 1 amide bonds. The van der Waals surface area contributed by atoms with Gasteiger partial charge in [0, 0.05) is 44.7 Å². The van der Waals surface area contributed by atoms with Gasteiger partial charge in [-0.15, -0.1) is 0 Å². The number of aliphatic hydroxyl groups is 1. The molecule has 0 radical (unpaired) electrons. The van der Waals surface area contributed by atoms with Crippen LogP contribution in [0.25, 0.3) is 10.9 Å². The minimum absolute atomic E-state index is 0.0347. The highest BCUT2D eigenvalue weighted by Crippen LogP contribution is 2.21. The number of rotatable bonds is 6. The smallest absolute Gasteiger partial charge is 0.256 e. The molecule has 1 aromatic heterocycles. The Bertz CT molecular complexity index is 722. The number of nitrogens with zero attached hydrogens (tertiary/aromatic N) is 3. The van der Waals surface area contributed by atoms with E-state index >= 15 is 0 Å². The molecular weight excluding hydrogens is 320 g/mol. The number of fused-ring (bicyclic) bond motifs is 1. The summed E-state index contributed by atoms with van der Waals surface area (Å²) >= 11 is 0. The van der Waals surface area contributed by atoms with Crippen LogP contribution in [-0.2, 0) is 4.74 Å². The molecule has 0 bridgehead atoms. The topological polar surface area (TPSA) is 81.7 Å². The first-order valence-corrected chi connectivity index (χ1v) is 8.79. The van der Waals surface area contributed by atoms with Crippen molar-refractivity contribution in [3.8, 4) is 0 Å². The fraction of sp³-hybridized carbons (Fsp3) is 0.556. The molecule has 2 aromatic rings. The van der Waals surface area contributed by atoms with E-state index in [1.54, 1.807) is 6.20 Å². The van der Waals surface area contributed by atoms with E-state index in [1.165, 1.54) is 0 Å². The van der Waals surface area contributed by atoms with E-state index < -0.39 is 6.10 Å². The molecule has 2 heterocycles. The SMILES string of the molecule is CCOC[C@@H](O)CN1CCN(C(=O)c2cc(C)cc3cn[nH]c23)CC1. The van der Waals surface area contributed by atoms with Crippen LogP contribution in [0.2, 0.25) is 0 Å². The number of amides is 1. The number of aliphatic hydroxyl groups excluding tert-OH is 1. The summed E-state index contributed by atoms with van der Waals surface area (Å²) in [6.45, 7) is 8.28. The van der Waals surface area contributed by atoms with Crippen molar-refractivity contribution in [2.24, 2.45) is 0 Å². The Labute approximate surface area is 147 Å². The predicted molar refractivity (Wildman–Crippen MR) is 95.7 cm³/mol. The molecule has 7 heteroatoms. The van der Waals surface area contributed by atoms with E-state index in [0.717, 1.165) is 29.6 Å². The Balaban J connectivity index is 1.61. The summed E-state index contributed by atoms with van der Waals surface area (Å²) in [6, 6.07) is 3.94. The average molecular weight is 346 g/mol. The molecule has 25 heavy (non-hydrogen) atoms. The fourth-order valence-electron chi connectivity index (χ4n) is 3.28. The van der Waals surface area contributed by atoms with Gasteiger partial charge in [-0.25, -0.2) is 0 Å². The molecule has 1 atom stereocenters. The van der Waals surface area contributed by atoms with Gasteiger partial charge < -0.3 is 14.7 Å². The Hall–Kier alpha value is -1.96. The van der Waals surface area contributed by atoms with Gasteiger partial charge in [0.25, 0.3) is 5.91 Å². The normalized spacial score (nSPS) is 17.2. The van der Waals surface area contributed by atoms with Crippen LogP contribution in [0.5, 0.6) is 0 Å². The van der Waals surface area contributed by atoms with E-state index in [9.17, 15) is 9.90 Å². The Morgan fingerprint density at radius 2 is 2.12 bits per heavy atom. The van der Waals surface area contributed by atoms with Gasteiger partial charge in [-0.2, -0.15) is 5.10 Å². The second-order valence-corrected chi connectivity index (χ2v) is 6.55. The van der Waals surface area contributed by atoms with Gasteiger partial charge in [-0.1, -0.05) is 0 Å². The number of nitrogens with one attached hydrogen (secondary N) is 1. The standard InChI is InChI=1S/C18H26N4O3/c1-3-25-12-15(23)11-21-4-6-22(7-5-21)18(24)16-9-13(2)8-14-10-19-20-17(14)16/h8-10,15,23H,3-7,11-12H2,1-2H3,(H,19,20)/t15-/m0/s1. The van der Waals surface area contributed by atoms with Crippen molar-refractivity contribution in [1.29, 1.82) is 0 Å². The number of benzene rings is 1. The summed E-state index contributed by atoms with van der Waals surface area (Å²) in [6.07, 6.45) is 1.26. The molecule has 0 aliphatic carbocycles. The van der Waals surface area contributed by atoms with Crippen LogP contribution in [0.4, 0.5) is 0 Å². The molecule has 2 N–H and O–H groups in total. The summed E-state index contributed by atoms with van der Waals surface area (Å²) in [5.74, 6) is 0.0347. The van der Waals surface area contributed by atoms with Crippen molar-refractivity contribution in [2.75, 3.05) is 45.9 Å².